The maximum atomic E-state index is 11.6. The van der Waals surface area contributed by atoms with Crippen LogP contribution in [0.25, 0.3) is 0 Å². The second-order valence-corrected chi connectivity index (χ2v) is 5.30. The Morgan fingerprint density at radius 3 is 3.25 bits per heavy atom. The number of hydrogen-bond acceptors (Lipinski definition) is 3. The molecule has 0 unspecified atom stereocenters. The van der Waals surface area contributed by atoms with E-state index in [1.165, 1.54) is 4.88 Å². The predicted octanol–water partition coefficient (Wildman–Crippen LogP) is 1.71. The van der Waals surface area contributed by atoms with Gasteiger partial charge in [-0.25, -0.2) is 0 Å². The van der Waals surface area contributed by atoms with E-state index in [0.29, 0.717) is 0 Å². The van der Waals surface area contributed by atoms with Crippen LogP contribution in [0.2, 0.25) is 0 Å². The van der Waals surface area contributed by atoms with Gasteiger partial charge in [-0.15, -0.1) is 11.3 Å². The van der Waals surface area contributed by atoms with E-state index in [2.05, 4.69) is 27.7 Å². The molecule has 1 saturated heterocycles. The first-order valence-corrected chi connectivity index (χ1v) is 6.64. The fourth-order valence-electron chi connectivity index (χ4n) is 2.24. The van der Waals surface area contributed by atoms with Crippen molar-refractivity contribution in [3.63, 3.8) is 0 Å². The third-order valence-electron chi connectivity index (χ3n) is 3.08. The molecule has 1 aromatic rings. The Bertz CT molecular complexity index is 337. The highest BCUT2D eigenvalue weighted by atomic mass is 32.1. The van der Waals surface area contributed by atoms with Gasteiger partial charge in [-0.2, -0.15) is 0 Å². The van der Waals surface area contributed by atoms with Gasteiger partial charge in [0.1, 0.15) is 0 Å². The largest absolute Gasteiger partial charge is 0.359 e. The van der Waals surface area contributed by atoms with Gasteiger partial charge in [0.2, 0.25) is 5.91 Å². The van der Waals surface area contributed by atoms with Gasteiger partial charge in [0.05, 0.1) is 5.92 Å². The lowest BCUT2D eigenvalue weighted by atomic mass is 9.97. The molecule has 1 N–H and O–H groups in total. The Morgan fingerprint density at radius 1 is 1.69 bits per heavy atom. The molecule has 0 saturated carbocycles. The van der Waals surface area contributed by atoms with Gasteiger partial charge in [-0.1, -0.05) is 6.07 Å². The summed E-state index contributed by atoms with van der Waals surface area (Å²) in [5.41, 5.74) is 0. The number of hydrogen-bond donors (Lipinski definition) is 1. The third-order valence-corrected chi connectivity index (χ3v) is 3.94. The molecule has 1 aromatic heterocycles. The molecule has 0 aliphatic carbocycles. The number of piperidine rings is 1. The first-order chi connectivity index (χ1) is 7.79. The molecule has 16 heavy (non-hydrogen) atoms. The van der Waals surface area contributed by atoms with E-state index >= 15 is 0 Å². The second kappa shape index (κ2) is 5.46. The van der Waals surface area contributed by atoms with Crippen LogP contribution >= 0.6 is 11.3 Å². The number of amides is 1. The first kappa shape index (κ1) is 11.6. The lowest BCUT2D eigenvalue weighted by Gasteiger charge is -2.31. The van der Waals surface area contributed by atoms with Gasteiger partial charge in [0.25, 0.3) is 0 Å². The standard InChI is InChI=1S/C12H18N2OS/c1-13-12(15)10-4-2-6-14(8-10)9-11-5-3-7-16-11/h3,5,7,10H,2,4,6,8-9H2,1H3,(H,13,15)/t10-/m1/s1. The van der Waals surface area contributed by atoms with Gasteiger partial charge in [-0.3, -0.25) is 9.69 Å². The van der Waals surface area contributed by atoms with Crippen LogP contribution in [-0.4, -0.2) is 30.9 Å². The Labute approximate surface area is 100 Å². The summed E-state index contributed by atoms with van der Waals surface area (Å²) in [6.07, 6.45) is 2.16. The molecular formula is C12H18N2OS. The molecule has 1 amide bonds. The zero-order valence-corrected chi connectivity index (χ0v) is 10.4. The fourth-order valence-corrected chi connectivity index (χ4v) is 2.99. The summed E-state index contributed by atoms with van der Waals surface area (Å²) < 4.78 is 0. The molecule has 3 nitrogen and oxygen atoms in total. The highest BCUT2D eigenvalue weighted by Crippen LogP contribution is 2.20. The van der Waals surface area contributed by atoms with Crippen LogP contribution in [0.3, 0.4) is 0 Å². The van der Waals surface area contributed by atoms with Crippen LogP contribution in [-0.2, 0) is 11.3 Å². The maximum absolute atomic E-state index is 11.6. The van der Waals surface area contributed by atoms with Crippen molar-refractivity contribution in [1.82, 2.24) is 10.2 Å². The summed E-state index contributed by atoms with van der Waals surface area (Å²) >= 11 is 1.79. The quantitative estimate of drug-likeness (QED) is 0.869. The maximum Gasteiger partial charge on any atom is 0.224 e. The van der Waals surface area contributed by atoms with Crippen molar-refractivity contribution in [1.29, 1.82) is 0 Å². The molecule has 1 aliphatic rings. The van der Waals surface area contributed by atoms with Crippen molar-refractivity contribution >= 4 is 17.2 Å². The summed E-state index contributed by atoms with van der Waals surface area (Å²) in [5, 5.41) is 4.86. The van der Waals surface area contributed by atoms with E-state index in [-0.39, 0.29) is 11.8 Å². The highest BCUT2D eigenvalue weighted by Gasteiger charge is 2.24. The van der Waals surface area contributed by atoms with E-state index in [0.717, 1.165) is 32.5 Å². The molecule has 1 atom stereocenters. The van der Waals surface area contributed by atoms with E-state index < -0.39 is 0 Å². The lowest BCUT2D eigenvalue weighted by molar-refractivity contribution is -0.126. The van der Waals surface area contributed by atoms with Gasteiger partial charge < -0.3 is 5.32 Å². The van der Waals surface area contributed by atoms with Gasteiger partial charge in [0.15, 0.2) is 0 Å². The molecule has 2 heterocycles. The van der Waals surface area contributed by atoms with Crippen molar-refractivity contribution in [2.24, 2.45) is 5.92 Å². The predicted molar refractivity (Wildman–Crippen MR) is 66.4 cm³/mol. The summed E-state index contributed by atoms with van der Waals surface area (Å²) in [4.78, 5) is 15.4. The van der Waals surface area contributed by atoms with E-state index in [4.69, 9.17) is 0 Å². The van der Waals surface area contributed by atoms with Crippen molar-refractivity contribution in [2.75, 3.05) is 20.1 Å². The van der Waals surface area contributed by atoms with Gasteiger partial charge in [-0.05, 0) is 30.8 Å². The zero-order chi connectivity index (χ0) is 11.4. The zero-order valence-electron chi connectivity index (χ0n) is 9.61. The van der Waals surface area contributed by atoms with Crippen LogP contribution in [0.1, 0.15) is 17.7 Å². The second-order valence-electron chi connectivity index (χ2n) is 4.27. The summed E-state index contributed by atoms with van der Waals surface area (Å²) in [6, 6.07) is 4.24. The minimum atomic E-state index is 0.179. The Balaban J connectivity index is 1.89. The van der Waals surface area contributed by atoms with Crippen LogP contribution in [0.5, 0.6) is 0 Å². The van der Waals surface area contributed by atoms with E-state index in [9.17, 15) is 4.79 Å². The third kappa shape index (κ3) is 2.83. The van der Waals surface area contributed by atoms with Crippen LogP contribution in [0, 0.1) is 5.92 Å². The molecule has 0 spiro atoms. The monoisotopic (exact) mass is 238 g/mol. The topological polar surface area (TPSA) is 32.3 Å². The van der Waals surface area contributed by atoms with Crippen LogP contribution in [0.15, 0.2) is 17.5 Å². The Hall–Kier alpha value is -0.870. The number of thiophene rings is 1. The minimum absolute atomic E-state index is 0.179. The molecule has 4 heteroatoms. The minimum Gasteiger partial charge on any atom is -0.359 e. The fraction of sp³-hybridized carbons (Fsp3) is 0.583. The molecular weight excluding hydrogens is 220 g/mol. The number of rotatable bonds is 3. The molecule has 88 valence electrons. The number of nitrogens with zero attached hydrogens (tertiary/aromatic N) is 1. The lowest BCUT2D eigenvalue weighted by Crippen LogP contribution is -2.41. The number of nitrogens with one attached hydrogen (secondary N) is 1. The first-order valence-electron chi connectivity index (χ1n) is 5.76. The van der Waals surface area contributed by atoms with Crippen molar-refractivity contribution < 1.29 is 4.79 Å². The highest BCUT2D eigenvalue weighted by molar-refractivity contribution is 7.09. The number of carbonyl (C=O) groups excluding carboxylic acids is 1. The molecule has 1 aliphatic heterocycles. The van der Waals surface area contributed by atoms with Gasteiger partial charge >= 0.3 is 0 Å². The molecule has 1 fully saturated rings. The molecule has 0 bridgehead atoms. The number of carbonyl (C=O) groups is 1. The molecule has 0 radical (unpaired) electrons. The normalized spacial score (nSPS) is 21.9. The smallest absolute Gasteiger partial charge is 0.224 e. The van der Waals surface area contributed by atoms with E-state index in [1.54, 1.807) is 18.4 Å². The summed E-state index contributed by atoms with van der Waals surface area (Å²) in [7, 11) is 1.72. The van der Waals surface area contributed by atoms with E-state index in [1.807, 2.05) is 0 Å². The number of likely N-dealkylation sites (tertiary alicyclic amines) is 1. The average molecular weight is 238 g/mol. The molecule has 0 aromatic carbocycles. The van der Waals surface area contributed by atoms with Crippen LogP contribution < -0.4 is 5.32 Å². The SMILES string of the molecule is CNC(=O)[C@@H]1CCCN(Cc2cccs2)C1. The molecule has 2 rings (SSSR count). The van der Waals surface area contributed by atoms with Crippen molar-refractivity contribution in [2.45, 2.75) is 19.4 Å². The Kier molecular flexibility index (Phi) is 3.96. The average Bonchev–Trinajstić information content (AvgIpc) is 2.81. The summed E-state index contributed by atoms with van der Waals surface area (Å²) in [6.45, 7) is 3.01. The van der Waals surface area contributed by atoms with Crippen molar-refractivity contribution in [3.05, 3.63) is 22.4 Å². The van der Waals surface area contributed by atoms with Crippen LogP contribution in [0.4, 0.5) is 0 Å². The van der Waals surface area contributed by atoms with Crippen molar-refractivity contribution in [3.8, 4) is 0 Å². The van der Waals surface area contributed by atoms with Gasteiger partial charge in [0, 0.05) is 25.0 Å². The summed E-state index contributed by atoms with van der Waals surface area (Å²) in [5.74, 6) is 0.370. The Morgan fingerprint density at radius 2 is 2.56 bits per heavy atom.